The molecule has 2 aliphatic rings. The van der Waals surface area contributed by atoms with Crippen molar-refractivity contribution in [1.82, 2.24) is 5.32 Å². The highest BCUT2D eigenvalue weighted by Gasteiger charge is 2.51. The van der Waals surface area contributed by atoms with Crippen molar-refractivity contribution in [2.24, 2.45) is 0 Å². The average Bonchev–Trinajstić information content (AvgIpc) is 2.79. The topological polar surface area (TPSA) is 210 Å². The van der Waals surface area contributed by atoms with Crippen LogP contribution in [-0.2, 0) is 19.0 Å². The summed E-state index contributed by atoms with van der Waals surface area (Å²) >= 11 is 0. The minimum Gasteiger partial charge on any atom is -0.463 e. The molecule has 0 bridgehead atoms. The van der Waals surface area contributed by atoms with Gasteiger partial charge in [-0.05, 0) is 19.1 Å². The molecule has 2 fully saturated rings. The molecule has 2 heterocycles. The van der Waals surface area contributed by atoms with Gasteiger partial charge in [0.2, 0.25) is 12.2 Å². The highest BCUT2D eigenvalue weighted by molar-refractivity contribution is 5.73. The van der Waals surface area contributed by atoms with E-state index in [-0.39, 0.29) is 11.4 Å². The molecule has 3 rings (SSSR count). The first-order valence-electron chi connectivity index (χ1n) is 10.5. The lowest BCUT2D eigenvalue weighted by Gasteiger charge is -2.46. The predicted octanol–water partition coefficient (Wildman–Crippen LogP) is -2.23. The highest BCUT2D eigenvalue weighted by atomic mass is 16.7. The van der Waals surface area contributed by atoms with E-state index in [9.17, 15) is 40.4 Å². The lowest BCUT2D eigenvalue weighted by atomic mass is 9.95. The van der Waals surface area contributed by atoms with Crippen LogP contribution in [0.5, 0.6) is 5.75 Å². The van der Waals surface area contributed by atoms with E-state index in [0.717, 1.165) is 0 Å². The first-order chi connectivity index (χ1) is 16.0. The van der Waals surface area contributed by atoms with Crippen molar-refractivity contribution in [3.63, 3.8) is 0 Å². The predicted molar refractivity (Wildman–Crippen MR) is 110 cm³/mol. The fourth-order valence-corrected chi connectivity index (χ4v) is 3.79. The summed E-state index contributed by atoms with van der Waals surface area (Å²) in [6.07, 6.45) is -12.5. The number of carbonyl (C=O) groups is 1. The molecule has 2 saturated heterocycles. The maximum Gasteiger partial charge on any atom is 0.269 e. The molecule has 0 aliphatic carbocycles. The summed E-state index contributed by atoms with van der Waals surface area (Å²) in [5.41, 5.74) is -0.176. The fraction of sp³-hybridized carbons (Fsp3) is 0.650. The Morgan fingerprint density at radius 2 is 1.71 bits per heavy atom. The summed E-state index contributed by atoms with van der Waals surface area (Å²) in [5, 5.41) is 64.3. The molecule has 1 amide bonds. The molecule has 34 heavy (non-hydrogen) atoms. The molecular formula is C20H28N2O12. The van der Waals surface area contributed by atoms with Gasteiger partial charge in [-0.1, -0.05) is 0 Å². The van der Waals surface area contributed by atoms with Crippen molar-refractivity contribution in [2.45, 2.75) is 75.2 Å². The van der Waals surface area contributed by atoms with Gasteiger partial charge < -0.3 is 49.8 Å². The first kappa shape index (κ1) is 26.2. The zero-order chi connectivity index (χ0) is 25.2. The molecule has 0 radical (unpaired) electrons. The molecule has 6 N–H and O–H groups in total. The van der Waals surface area contributed by atoms with Crippen molar-refractivity contribution in [2.75, 3.05) is 6.61 Å². The Hall–Kier alpha value is -2.43. The molecule has 0 unspecified atom stereocenters. The number of hydrogen-bond donors (Lipinski definition) is 6. The Morgan fingerprint density at radius 3 is 2.26 bits per heavy atom. The number of ether oxygens (including phenoxy) is 4. The van der Waals surface area contributed by atoms with Gasteiger partial charge in [0.05, 0.1) is 17.6 Å². The minimum atomic E-state index is -1.67. The van der Waals surface area contributed by atoms with E-state index in [4.69, 9.17) is 18.9 Å². The van der Waals surface area contributed by atoms with Gasteiger partial charge in [-0.2, -0.15) is 0 Å². The van der Waals surface area contributed by atoms with E-state index >= 15 is 0 Å². The summed E-state index contributed by atoms with van der Waals surface area (Å²) in [7, 11) is 0. The summed E-state index contributed by atoms with van der Waals surface area (Å²) in [4.78, 5) is 22.0. The molecule has 14 heteroatoms. The summed E-state index contributed by atoms with van der Waals surface area (Å²) in [6.45, 7) is 1.97. The second-order valence-corrected chi connectivity index (χ2v) is 8.09. The van der Waals surface area contributed by atoms with Crippen molar-refractivity contribution in [3.05, 3.63) is 34.4 Å². The van der Waals surface area contributed by atoms with Crippen molar-refractivity contribution < 1.29 is 54.2 Å². The summed E-state index contributed by atoms with van der Waals surface area (Å²) in [6, 6.07) is 3.76. The number of nitro benzene ring substituents is 1. The van der Waals surface area contributed by atoms with E-state index in [1.807, 2.05) is 0 Å². The highest BCUT2D eigenvalue weighted by Crippen LogP contribution is 2.30. The maximum absolute atomic E-state index is 11.8. The lowest BCUT2D eigenvalue weighted by Crippen LogP contribution is -2.67. The standard InChI is InChI=1S/C20H28N2O12/c1-8-14(25)16(27)17(28)20(31-8)34-18-12(7-23)33-19(13(15(18)26)21-9(2)24)32-11-5-3-10(4-6-11)22(29)30/h3-6,8,12-20,23,25-28H,7H2,1-2H3,(H,21,24)/t8-,12+,13-,14+,15-,16-,17-,18+,19+,20-/m0/s1. The Morgan fingerprint density at radius 1 is 1.06 bits per heavy atom. The second kappa shape index (κ2) is 10.9. The largest absolute Gasteiger partial charge is 0.463 e. The van der Waals surface area contributed by atoms with Gasteiger partial charge in [0.25, 0.3) is 5.69 Å². The molecule has 190 valence electrons. The molecule has 0 saturated carbocycles. The van der Waals surface area contributed by atoms with Crippen molar-refractivity contribution >= 4 is 11.6 Å². The first-order valence-corrected chi connectivity index (χ1v) is 10.5. The number of carbonyl (C=O) groups excluding carboxylic acids is 1. The van der Waals surface area contributed by atoms with Crippen LogP contribution in [-0.4, -0.2) is 104 Å². The number of benzene rings is 1. The quantitative estimate of drug-likeness (QED) is 0.178. The van der Waals surface area contributed by atoms with Crippen LogP contribution in [0.1, 0.15) is 13.8 Å². The van der Waals surface area contributed by atoms with E-state index in [0.29, 0.717) is 0 Å². The molecule has 10 atom stereocenters. The van der Waals surface area contributed by atoms with Gasteiger partial charge in [0, 0.05) is 19.1 Å². The van der Waals surface area contributed by atoms with Crippen LogP contribution in [0.25, 0.3) is 0 Å². The van der Waals surface area contributed by atoms with Gasteiger partial charge >= 0.3 is 0 Å². The number of non-ortho nitro benzene ring substituents is 1. The molecular weight excluding hydrogens is 460 g/mol. The van der Waals surface area contributed by atoms with Crippen LogP contribution in [0.3, 0.4) is 0 Å². The number of aliphatic hydroxyl groups is 5. The molecule has 1 aromatic rings. The van der Waals surface area contributed by atoms with Crippen LogP contribution >= 0.6 is 0 Å². The SMILES string of the molecule is CC(=O)N[C@@H]1[C@H](Oc2ccc([N+](=O)[O-])cc2)O[C@H](CO)[C@@H](O[C@@H]2O[C@@H](C)[C@@H](O)[C@H](O)[C@@H]2O)[C@H]1O. The number of rotatable bonds is 7. The number of hydrogen-bond acceptors (Lipinski definition) is 12. The third-order valence-electron chi connectivity index (χ3n) is 5.62. The van der Waals surface area contributed by atoms with Crippen LogP contribution in [0.2, 0.25) is 0 Å². The molecule has 0 spiro atoms. The molecule has 1 aromatic carbocycles. The Kier molecular flexibility index (Phi) is 8.38. The average molecular weight is 488 g/mol. The summed E-state index contributed by atoms with van der Waals surface area (Å²) < 4.78 is 22.4. The Labute approximate surface area is 193 Å². The Balaban J connectivity index is 1.80. The minimum absolute atomic E-state index is 0.131. The monoisotopic (exact) mass is 488 g/mol. The zero-order valence-electron chi connectivity index (χ0n) is 18.3. The van der Waals surface area contributed by atoms with E-state index in [1.165, 1.54) is 38.1 Å². The summed E-state index contributed by atoms with van der Waals surface area (Å²) in [5.74, 6) is -0.418. The molecule has 14 nitrogen and oxygen atoms in total. The smallest absolute Gasteiger partial charge is 0.269 e. The zero-order valence-corrected chi connectivity index (χ0v) is 18.3. The van der Waals surface area contributed by atoms with Gasteiger partial charge in [0.1, 0.15) is 48.4 Å². The van der Waals surface area contributed by atoms with Crippen LogP contribution < -0.4 is 10.1 Å². The van der Waals surface area contributed by atoms with Gasteiger partial charge in [0.15, 0.2) is 6.29 Å². The number of amides is 1. The number of nitrogens with zero attached hydrogens (tertiary/aromatic N) is 1. The van der Waals surface area contributed by atoms with E-state index in [2.05, 4.69) is 5.32 Å². The lowest BCUT2D eigenvalue weighted by molar-refractivity contribution is -0.384. The van der Waals surface area contributed by atoms with Crippen molar-refractivity contribution in [1.29, 1.82) is 0 Å². The normalized spacial score (nSPS) is 38.2. The van der Waals surface area contributed by atoms with Gasteiger partial charge in [-0.3, -0.25) is 14.9 Å². The second-order valence-electron chi connectivity index (χ2n) is 8.09. The van der Waals surface area contributed by atoms with E-state index < -0.39 is 78.8 Å². The third kappa shape index (κ3) is 5.61. The van der Waals surface area contributed by atoms with Crippen LogP contribution in [0.4, 0.5) is 5.69 Å². The number of nitrogens with one attached hydrogen (secondary N) is 1. The van der Waals surface area contributed by atoms with Gasteiger partial charge in [-0.15, -0.1) is 0 Å². The van der Waals surface area contributed by atoms with Gasteiger partial charge in [-0.25, -0.2) is 0 Å². The molecule has 0 aromatic heterocycles. The van der Waals surface area contributed by atoms with Crippen LogP contribution in [0, 0.1) is 10.1 Å². The van der Waals surface area contributed by atoms with E-state index in [1.54, 1.807) is 0 Å². The number of aliphatic hydroxyl groups excluding tert-OH is 5. The Bertz CT molecular complexity index is 854. The fourth-order valence-electron chi connectivity index (χ4n) is 3.79. The number of nitro groups is 1. The molecule has 2 aliphatic heterocycles. The van der Waals surface area contributed by atoms with Crippen molar-refractivity contribution in [3.8, 4) is 5.75 Å². The third-order valence-corrected chi connectivity index (χ3v) is 5.62. The maximum atomic E-state index is 11.8. The van der Waals surface area contributed by atoms with Crippen LogP contribution in [0.15, 0.2) is 24.3 Å².